The Morgan fingerprint density at radius 1 is 1.21 bits per heavy atom. The molecule has 4 heterocycles. The summed E-state index contributed by atoms with van der Waals surface area (Å²) in [7, 11) is 0. The number of rotatable bonds is 5. The first-order chi connectivity index (χ1) is 15.8. The zero-order valence-electron chi connectivity index (χ0n) is 17.1. The number of carboxylic acids is 1. The third-order valence-corrected chi connectivity index (χ3v) is 5.96. The molecule has 1 aromatic carbocycles. The summed E-state index contributed by atoms with van der Waals surface area (Å²) in [4.78, 5) is 15.7. The second kappa shape index (κ2) is 7.84. The van der Waals surface area contributed by atoms with E-state index in [4.69, 9.17) is 9.84 Å². The summed E-state index contributed by atoms with van der Waals surface area (Å²) in [6.07, 6.45) is 1.38. The number of halogens is 4. The van der Waals surface area contributed by atoms with Crippen LogP contribution < -0.4 is 0 Å². The van der Waals surface area contributed by atoms with Crippen LogP contribution in [0.3, 0.4) is 0 Å². The first kappa shape index (κ1) is 21.4. The number of H-pyrrole nitrogens is 1. The standard InChI is InChI=1S/C22H18F4N4O3/c23-15-2-1-13(8-16(15)24)30-17-7-12-10-27-29-20(12)28-18(17)14(9-22(25,26)21(31)32)19(30)11-3-5-33-6-4-11/h1-2,7-8,10-11H,3-6,9H2,(H,31,32)(H,27,28,29). The molecule has 0 saturated carbocycles. The van der Waals surface area contributed by atoms with Crippen molar-refractivity contribution in [2.45, 2.75) is 31.1 Å². The van der Waals surface area contributed by atoms with E-state index in [0.717, 1.165) is 12.1 Å². The van der Waals surface area contributed by atoms with Gasteiger partial charge in [-0.2, -0.15) is 13.9 Å². The number of nitrogens with zero attached hydrogens (tertiary/aromatic N) is 3. The van der Waals surface area contributed by atoms with Gasteiger partial charge in [-0.25, -0.2) is 18.6 Å². The molecular weight excluding hydrogens is 444 g/mol. The Hall–Kier alpha value is -3.47. The van der Waals surface area contributed by atoms with Crippen LogP contribution in [-0.4, -0.2) is 50.0 Å². The molecule has 2 N–H and O–H groups in total. The third-order valence-electron chi connectivity index (χ3n) is 5.96. The van der Waals surface area contributed by atoms with Gasteiger partial charge < -0.3 is 14.4 Å². The summed E-state index contributed by atoms with van der Waals surface area (Å²) < 4.78 is 63.8. The number of fused-ring (bicyclic) bond motifs is 2. The monoisotopic (exact) mass is 462 g/mol. The minimum atomic E-state index is -4.06. The molecule has 5 rings (SSSR count). The number of ether oxygens (including phenoxy) is 1. The maximum absolute atomic E-state index is 14.5. The highest BCUT2D eigenvalue weighted by Gasteiger charge is 2.42. The molecule has 1 fully saturated rings. The largest absolute Gasteiger partial charge is 0.477 e. The number of aliphatic carboxylic acids is 1. The molecule has 0 atom stereocenters. The number of hydrogen-bond acceptors (Lipinski definition) is 4. The number of carbonyl (C=O) groups is 1. The normalized spacial score (nSPS) is 15.5. The molecule has 11 heteroatoms. The zero-order valence-corrected chi connectivity index (χ0v) is 17.1. The molecule has 172 valence electrons. The van der Waals surface area contributed by atoms with Gasteiger partial charge in [0.15, 0.2) is 17.3 Å². The van der Waals surface area contributed by atoms with Crippen LogP contribution in [0.2, 0.25) is 0 Å². The number of pyridine rings is 1. The molecular formula is C22H18F4N4O3. The molecule has 1 saturated heterocycles. The molecule has 0 unspecified atom stereocenters. The highest BCUT2D eigenvalue weighted by Crippen LogP contribution is 2.41. The van der Waals surface area contributed by atoms with Gasteiger partial charge in [-0.1, -0.05) is 0 Å². The molecule has 0 spiro atoms. The first-order valence-electron chi connectivity index (χ1n) is 10.3. The topological polar surface area (TPSA) is 93.0 Å². The number of hydrogen-bond donors (Lipinski definition) is 2. The molecule has 3 aromatic heterocycles. The Morgan fingerprint density at radius 2 is 1.97 bits per heavy atom. The Labute approximate surface area is 184 Å². The van der Waals surface area contributed by atoms with Crippen molar-refractivity contribution in [3.8, 4) is 5.69 Å². The summed E-state index contributed by atoms with van der Waals surface area (Å²) >= 11 is 0. The second-order valence-corrected chi connectivity index (χ2v) is 8.03. The third kappa shape index (κ3) is 3.62. The molecule has 0 amide bonds. The predicted molar refractivity (Wildman–Crippen MR) is 110 cm³/mol. The van der Waals surface area contributed by atoms with Crippen molar-refractivity contribution in [3.63, 3.8) is 0 Å². The summed E-state index contributed by atoms with van der Waals surface area (Å²) in [5.74, 6) is -8.73. The van der Waals surface area contributed by atoms with Crippen molar-refractivity contribution in [1.29, 1.82) is 0 Å². The smallest absolute Gasteiger partial charge is 0.374 e. The van der Waals surface area contributed by atoms with E-state index >= 15 is 0 Å². The predicted octanol–water partition coefficient (Wildman–Crippen LogP) is 4.34. The number of nitrogens with one attached hydrogen (secondary N) is 1. The molecule has 1 aliphatic rings. The van der Waals surface area contributed by atoms with Crippen LogP contribution in [0.15, 0.2) is 30.5 Å². The van der Waals surface area contributed by atoms with Crippen LogP contribution >= 0.6 is 0 Å². The molecule has 0 aliphatic carbocycles. The van der Waals surface area contributed by atoms with Crippen LogP contribution in [0.1, 0.15) is 30.0 Å². The Kier molecular flexibility index (Phi) is 5.08. The number of alkyl halides is 2. The van der Waals surface area contributed by atoms with Gasteiger partial charge in [0.1, 0.15) is 0 Å². The molecule has 33 heavy (non-hydrogen) atoms. The number of aromatic amines is 1. The van der Waals surface area contributed by atoms with Crippen molar-refractivity contribution in [3.05, 3.63) is 53.4 Å². The lowest BCUT2D eigenvalue weighted by Gasteiger charge is -2.26. The van der Waals surface area contributed by atoms with Crippen molar-refractivity contribution in [2.24, 2.45) is 0 Å². The van der Waals surface area contributed by atoms with Crippen LogP contribution in [0.25, 0.3) is 27.8 Å². The molecule has 4 aromatic rings. The van der Waals surface area contributed by atoms with Crippen molar-refractivity contribution in [1.82, 2.24) is 19.7 Å². The Balaban J connectivity index is 1.87. The van der Waals surface area contributed by atoms with E-state index in [0.29, 0.717) is 48.3 Å². The van der Waals surface area contributed by atoms with E-state index in [2.05, 4.69) is 15.2 Å². The van der Waals surface area contributed by atoms with E-state index in [1.807, 2.05) is 0 Å². The van der Waals surface area contributed by atoms with Crippen LogP contribution in [0.5, 0.6) is 0 Å². The molecule has 0 radical (unpaired) electrons. The van der Waals surface area contributed by atoms with Crippen LogP contribution in [0.4, 0.5) is 17.6 Å². The summed E-state index contributed by atoms with van der Waals surface area (Å²) in [5.41, 5.74) is 1.52. The van der Waals surface area contributed by atoms with Gasteiger partial charge in [0.25, 0.3) is 0 Å². The van der Waals surface area contributed by atoms with Gasteiger partial charge in [0.05, 0.1) is 23.7 Å². The van der Waals surface area contributed by atoms with Crippen molar-refractivity contribution in [2.75, 3.05) is 13.2 Å². The van der Waals surface area contributed by atoms with Gasteiger partial charge in [-0.05, 0) is 31.0 Å². The quantitative estimate of drug-likeness (QED) is 0.431. The average molecular weight is 462 g/mol. The van der Waals surface area contributed by atoms with Crippen molar-refractivity contribution < 1.29 is 32.2 Å². The molecule has 1 aliphatic heterocycles. The van der Waals surface area contributed by atoms with E-state index in [9.17, 15) is 22.4 Å². The number of aromatic nitrogens is 4. The fourth-order valence-corrected chi connectivity index (χ4v) is 4.42. The van der Waals surface area contributed by atoms with E-state index in [-0.39, 0.29) is 22.7 Å². The lowest BCUT2D eigenvalue weighted by Crippen LogP contribution is -2.31. The Bertz CT molecular complexity index is 1380. The van der Waals surface area contributed by atoms with Gasteiger partial charge in [0.2, 0.25) is 0 Å². The lowest BCUT2D eigenvalue weighted by molar-refractivity contribution is -0.164. The first-order valence-corrected chi connectivity index (χ1v) is 10.3. The summed E-state index contributed by atoms with van der Waals surface area (Å²) in [6.45, 7) is 0.772. The minimum absolute atomic E-state index is 0.0468. The fraction of sp³-hybridized carbons (Fsp3) is 0.318. The maximum Gasteiger partial charge on any atom is 0.374 e. The summed E-state index contributed by atoms with van der Waals surface area (Å²) in [5, 5.41) is 16.3. The SMILES string of the molecule is O=C(O)C(F)(F)Cc1c(C2CCOCC2)n(-c2ccc(F)c(F)c2)c2cc3cn[nH]c3nc12. The van der Waals surface area contributed by atoms with Crippen LogP contribution in [-0.2, 0) is 16.0 Å². The zero-order chi connectivity index (χ0) is 23.3. The summed E-state index contributed by atoms with van der Waals surface area (Å²) in [6, 6.07) is 4.95. The minimum Gasteiger partial charge on any atom is -0.477 e. The maximum atomic E-state index is 14.5. The Morgan fingerprint density at radius 3 is 2.67 bits per heavy atom. The van der Waals surface area contributed by atoms with Gasteiger partial charge in [-0.15, -0.1) is 0 Å². The van der Waals surface area contributed by atoms with Crippen LogP contribution in [0, 0.1) is 11.6 Å². The average Bonchev–Trinajstić information content (AvgIpc) is 3.36. The van der Waals surface area contributed by atoms with E-state index in [1.54, 1.807) is 10.6 Å². The van der Waals surface area contributed by atoms with E-state index in [1.165, 1.54) is 12.3 Å². The lowest BCUT2D eigenvalue weighted by atomic mass is 9.91. The highest BCUT2D eigenvalue weighted by molar-refractivity contribution is 5.94. The fourth-order valence-electron chi connectivity index (χ4n) is 4.42. The van der Waals surface area contributed by atoms with Gasteiger partial charge >= 0.3 is 11.9 Å². The van der Waals surface area contributed by atoms with Gasteiger partial charge in [-0.3, -0.25) is 5.10 Å². The molecule has 0 bridgehead atoms. The van der Waals surface area contributed by atoms with Gasteiger partial charge in [0, 0.05) is 47.5 Å². The van der Waals surface area contributed by atoms with E-state index < -0.39 is 29.9 Å². The molecule has 7 nitrogen and oxygen atoms in total. The number of benzene rings is 1. The number of carboxylic acid groups (broad SMARTS) is 1. The second-order valence-electron chi connectivity index (χ2n) is 8.03. The highest BCUT2D eigenvalue weighted by atomic mass is 19.3. The van der Waals surface area contributed by atoms with Crippen molar-refractivity contribution >= 4 is 28.0 Å².